The number of rotatable bonds is 7. The molecule has 8 heteroatoms. The van der Waals surface area contributed by atoms with E-state index in [0.29, 0.717) is 11.7 Å². The Hall–Kier alpha value is -3.10. The summed E-state index contributed by atoms with van der Waals surface area (Å²) < 4.78 is 5.25. The van der Waals surface area contributed by atoms with Gasteiger partial charge in [-0.25, -0.2) is 9.78 Å². The molecule has 1 unspecified atom stereocenters. The van der Waals surface area contributed by atoms with E-state index in [9.17, 15) is 4.79 Å². The number of aromatic nitrogens is 1. The number of carbonyl (C=O) groups is 1. The number of urea groups is 1. The average Bonchev–Trinajstić information content (AvgIpc) is 3.47. The van der Waals surface area contributed by atoms with Crippen LogP contribution >= 0.6 is 11.3 Å². The molecule has 2 amide bonds. The van der Waals surface area contributed by atoms with Gasteiger partial charge in [-0.2, -0.15) is 0 Å². The fraction of sp³-hybridized carbons (Fsp3) is 0.360. The lowest BCUT2D eigenvalue weighted by atomic mass is 9.82. The predicted molar refractivity (Wildman–Crippen MR) is 134 cm³/mol. The van der Waals surface area contributed by atoms with Crippen LogP contribution in [0.4, 0.5) is 15.6 Å². The normalized spacial score (nSPS) is 16.0. The van der Waals surface area contributed by atoms with Crippen LogP contribution in [-0.2, 0) is 12.0 Å². The van der Waals surface area contributed by atoms with Gasteiger partial charge in [0.15, 0.2) is 5.13 Å². The molecule has 4 rings (SSSR count). The zero-order valence-corrected chi connectivity index (χ0v) is 20.1. The Kier molecular flexibility index (Phi) is 6.85. The highest BCUT2D eigenvalue weighted by Gasteiger charge is 2.26. The predicted octanol–water partition coefficient (Wildman–Crippen LogP) is 4.34. The molecule has 0 bridgehead atoms. The van der Waals surface area contributed by atoms with Crippen LogP contribution < -0.4 is 26.0 Å². The third kappa shape index (κ3) is 5.46. The molecular formula is C25H31N5O2S. The summed E-state index contributed by atoms with van der Waals surface area (Å²) in [5, 5.41) is 8.32. The van der Waals surface area contributed by atoms with Gasteiger partial charge < -0.3 is 20.7 Å². The van der Waals surface area contributed by atoms with E-state index in [1.54, 1.807) is 7.11 Å². The number of hydrogen-bond donors (Lipinski definition) is 3. The molecule has 4 N–H and O–H groups in total. The molecule has 1 aliphatic heterocycles. The van der Waals surface area contributed by atoms with Gasteiger partial charge in [-0.1, -0.05) is 38.1 Å². The molecule has 2 heterocycles. The number of nitrogens with two attached hydrogens (primary N) is 1. The average molecular weight is 466 g/mol. The maximum Gasteiger partial charge on any atom is 0.321 e. The largest absolute Gasteiger partial charge is 0.497 e. The van der Waals surface area contributed by atoms with Crippen LogP contribution in [0.25, 0.3) is 0 Å². The number of thiazole rings is 1. The summed E-state index contributed by atoms with van der Waals surface area (Å²) in [6.45, 7) is 6.57. The minimum absolute atomic E-state index is 0.253. The van der Waals surface area contributed by atoms with E-state index in [1.807, 2.05) is 41.8 Å². The lowest BCUT2D eigenvalue weighted by Crippen LogP contribution is -2.28. The van der Waals surface area contributed by atoms with Crippen LogP contribution in [0, 0.1) is 0 Å². The van der Waals surface area contributed by atoms with Gasteiger partial charge in [-0.15, -0.1) is 11.3 Å². The second-order valence-electron chi connectivity index (χ2n) is 8.86. The van der Waals surface area contributed by atoms with Gasteiger partial charge in [0.2, 0.25) is 0 Å². The van der Waals surface area contributed by atoms with Gasteiger partial charge in [0, 0.05) is 42.2 Å². The van der Waals surface area contributed by atoms with Crippen LogP contribution in [-0.4, -0.2) is 37.3 Å². The molecule has 0 aliphatic carbocycles. The van der Waals surface area contributed by atoms with Crippen LogP contribution in [0.5, 0.6) is 5.75 Å². The van der Waals surface area contributed by atoms with Gasteiger partial charge in [0.05, 0.1) is 12.8 Å². The van der Waals surface area contributed by atoms with Crippen LogP contribution in [0.2, 0.25) is 0 Å². The number of ether oxygens (including phenoxy) is 1. The van der Waals surface area contributed by atoms with Gasteiger partial charge in [-0.05, 0) is 41.8 Å². The third-order valence-electron chi connectivity index (χ3n) is 6.16. The van der Waals surface area contributed by atoms with E-state index < -0.39 is 0 Å². The molecule has 0 saturated carbocycles. The van der Waals surface area contributed by atoms with Gasteiger partial charge in [0.1, 0.15) is 5.75 Å². The van der Waals surface area contributed by atoms with Crippen molar-refractivity contribution in [3.8, 4) is 5.75 Å². The Morgan fingerprint density at radius 3 is 2.58 bits per heavy atom. The zero-order chi connectivity index (χ0) is 23.4. The monoisotopic (exact) mass is 465 g/mol. The number of hydrogen-bond acceptors (Lipinski definition) is 6. The summed E-state index contributed by atoms with van der Waals surface area (Å²) in [7, 11) is 1.66. The van der Waals surface area contributed by atoms with Crippen LogP contribution in [0.3, 0.4) is 0 Å². The Labute approximate surface area is 199 Å². The number of carbonyl (C=O) groups excluding carboxylic acids is 1. The number of methoxy groups -OCH3 is 1. The van der Waals surface area contributed by atoms with Crippen molar-refractivity contribution in [2.45, 2.75) is 38.3 Å². The van der Waals surface area contributed by atoms with Gasteiger partial charge in [-0.3, -0.25) is 5.32 Å². The summed E-state index contributed by atoms with van der Waals surface area (Å²) >= 11 is 1.42. The van der Waals surface area contributed by atoms with Gasteiger partial charge >= 0.3 is 6.03 Å². The van der Waals surface area contributed by atoms with E-state index in [4.69, 9.17) is 10.5 Å². The topological polar surface area (TPSA) is 92.5 Å². The van der Waals surface area contributed by atoms with E-state index in [1.165, 1.54) is 17.0 Å². The molecule has 1 saturated heterocycles. The van der Waals surface area contributed by atoms with Crippen molar-refractivity contribution in [3.63, 3.8) is 0 Å². The minimum Gasteiger partial charge on any atom is -0.497 e. The quantitative estimate of drug-likeness (QED) is 0.483. The molecule has 2 aromatic carbocycles. The highest BCUT2D eigenvalue weighted by atomic mass is 32.1. The summed E-state index contributed by atoms with van der Waals surface area (Å²) in [6.07, 6.45) is 1.03. The first-order valence-corrected chi connectivity index (χ1v) is 12.0. The van der Waals surface area contributed by atoms with Crippen LogP contribution in [0.1, 0.15) is 37.1 Å². The Balaban J connectivity index is 1.31. The molecule has 1 aromatic heterocycles. The molecule has 174 valence electrons. The van der Waals surface area contributed by atoms with E-state index >= 15 is 0 Å². The maximum absolute atomic E-state index is 12.4. The van der Waals surface area contributed by atoms with E-state index in [2.05, 4.69) is 46.5 Å². The SMILES string of the molecule is COc1ccc(C(C)(C)c2csc(NC(=O)NCc3ccc(N4CCC(N)C4)cc3)n2)cc1. The first-order chi connectivity index (χ1) is 15.8. The molecule has 1 atom stereocenters. The first kappa shape index (κ1) is 23.1. The summed E-state index contributed by atoms with van der Waals surface area (Å²) in [5.74, 6) is 0.821. The summed E-state index contributed by atoms with van der Waals surface area (Å²) in [5.41, 5.74) is 9.95. The number of anilines is 2. The molecule has 0 radical (unpaired) electrons. The van der Waals surface area contributed by atoms with Crippen molar-refractivity contribution >= 4 is 28.2 Å². The molecule has 0 spiro atoms. The van der Waals surface area contributed by atoms with Crippen molar-refractivity contribution in [1.29, 1.82) is 0 Å². The Morgan fingerprint density at radius 2 is 1.94 bits per heavy atom. The second kappa shape index (κ2) is 9.80. The summed E-state index contributed by atoms with van der Waals surface area (Å²) in [4.78, 5) is 19.4. The molecule has 3 aromatic rings. The number of nitrogens with zero attached hydrogens (tertiary/aromatic N) is 2. The highest BCUT2D eigenvalue weighted by Crippen LogP contribution is 2.34. The number of amides is 2. The van der Waals surface area contributed by atoms with Crippen molar-refractivity contribution in [2.75, 3.05) is 30.4 Å². The van der Waals surface area contributed by atoms with Crippen molar-refractivity contribution in [1.82, 2.24) is 10.3 Å². The minimum atomic E-state index is -0.291. The maximum atomic E-state index is 12.4. The standard InChI is InChI=1S/C25H31N5O2S/c1-25(2,18-6-10-21(32-3)11-7-18)22-16-33-24(28-22)29-23(31)27-14-17-4-8-20(9-5-17)30-13-12-19(26)15-30/h4-11,16,19H,12-15,26H2,1-3H3,(H2,27,28,29,31). The molecule has 1 fully saturated rings. The Morgan fingerprint density at radius 1 is 1.21 bits per heavy atom. The van der Waals surface area contributed by atoms with E-state index in [0.717, 1.165) is 42.1 Å². The molecule has 33 heavy (non-hydrogen) atoms. The summed E-state index contributed by atoms with van der Waals surface area (Å²) in [6, 6.07) is 16.2. The fourth-order valence-corrected chi connectivity index (χ4v) is 4.82. The van der Waals surface area contributed by atoms with E-state index in [-0.39, 0.29) is 17.5 Å². The van der Waals surface area contributed by atoms with Crippen LogP contribution in [0.15, 0.2) is 53.9 Å². The number of benzene rings is 2. The molecule has 7 nitrogen and oxygen atoms in total. The highest BCUT2D eigenvalue weighted by molar-refractivity contribution is 7.13. The lowest BCUT2D eigenvalue weighted by molar-refractivity contribution is 0.251. The third-order valence-corrected chi connectivity index (χ3v) is 6.91. The van der Waals surface area contributed by atoms with Crippen molar-refractivity contribution in [3.05, 3.63) is 70.7 Å². The number of nitrogens with one attached hydrogen (secondary N) is 2. The first-order valence-electron chi connectivity index (χ1n) is 11.1. The van der Waals surface area contributed by atoms with Crippen molar-refractivity contribution < 1.29 is 9.53 Å². The smallest absolute Gasteiger partial charge is 0.321 e. The Bertz CT molecular complexity index is 1080. The zero-order valence-electron chi connectivity index (χ0n) is 19.3. The lowest BCUT2D eigenvalue weighted by Gasteiger charge is -2.23. The fourth-order valence-electron chi connectivity index (χ4n) is 3.94. The van der Waals surface area contributed by atoms with Gasteiger partial charge in [0.25, 0.3) is 0 Å². The second-order valence-corrected chi connectivity index (χ2v) is 9.72. The molecular weight excluding hydrogens is 434 g/mol. The molecule has 1 aliphatic rings. The van der Waals surface area contributed by atoms with Crippen molar-refractivity contribution in [2.24, 2.45) is 5.73 Å².